The second-order valence-corrected chi connectivity index (χ2v) is 7.89. The molecule has 3 aliphatic heterocycles. The Morgan fingerprint density at radius 1 is 1.25 bits per heavy atom. The third kappa shape index (κ3) is 4.77. The van der Waals surface area contributed by atoms with E-state index in [0.717, 1.165) is 0 Å². The first-order valence-electron chi connectivity index (χ1n) is 10.2. The van der Waals surface area contributed by atoms with Crippen molar-refractivity contribution in [1.29, 1.82) is 0 Å². The number of piperidine rings is 1. The van der Waals surface area contributed by atoms with E-state index in [2.05, 4.69) is 10.3 Å². The van der Waals surface area contributed by atoms with E-state index in [1.165, 1.54) is 24.4 Å². The van der Waals surface area contributed by atoms with Crippen LogP contribution in [0.25, 0.3) is 0 Å². The second-order valence-electron chi connectivity index (χ2n) is 7.89. The van der Waals surface area contributed by atoms with Crippen molar-refractivity contribution in [3.05, 3.63) is 65.9 Å². The minimum Gasteiger partial charge on any atom is -0.358 e. The molecule has 1 saturated heterocycles. The largest absolute Gasteiger partial charge is 0.414 e. The fourth-order valence-electron chi connectivity index (χ4n) is 3.95. The summed E-state index contributed by atoms with van der Waals surface area (Å²) < 4.78 is 67.8. The molecule has 11 heteroatoms. The summed E-state index contributed by atoms with van der Waals surface area (Å²) in [7, 11) is 0. The fraction of sp³-hybridized carbons (Fsp3) is 0.429. The monoisotopic (exact) mass is 455 g/mol. The van der Waals surface area contributed by atoms with Crippen molar-refractivity contribution in [2.75, 3.05) is 19.6 Å². The Bertz CT molecular complexity index is 934. The first-order chi connectivity index (χ1) is 15.1. The Morgan fingerprint density at radius 2 is 2.00 bits per heavy atom. The highest BCUT2D eigenvalue weighted by Gasteiger charge is 2.45. The number of hydrogen-bond donors (Lipinski definition) is 2. The number of nitrogens with one attached hydrogen (secondary N) is 2. The van der Waals surface area contributed by atoms with E-state index in [9.17, 15) is 26.7 Å². The standard InChI is InChI=1S/C21H22F5N5O/c22-20(23)7-11-30(12-8-20)13-16-28-17(15-6-2-4-10-31(15)16)19(32)29-18(21(24,25)26)14-5-1-3-9-27-14/h1-6,9-10,16,18,28H,7-8,11-13H2,(H,29,32). The molecule has 0 radical (unpaired) electrons. The smallest absolute Gasteiger partial charge is 0.358 e. The van der Waals surface area contributed by atoms with Crippen LogP contribution in [0.1, 0.15) is 24.6 Å². The lowest BCUT2D eigenvalue weighted by molar-refractivity contribution is -0.163. The molecule has 2 unspecified atom stereocenters. The van der Waals surface area contributed by atoms with Gasteiger partial charge in [0.25, 0.3) is 11.8 Å². The van der Waals surface area contributed by atoms with Crippen LogP contribution in [0.15, 0.2) is 60.2 Å². The Kier molecular flexibility index (Phi) is 5.93. The Labute approximate surface area is 181 Å². The van der Waals surface area contributed by atoms with E-state index in [-0.39, 0.29) is 37.3 Å². The summed E-state index contributed by atoms with van der Waals surface area (Å²) >= 11 is 0. The molecule has 0 aliphatic carbocycles. The van der Waals surface area contributed by atoms with Gasteiger partial charge in [0.15, 0.2) is 6.04 Å². The van der Waals surface area contributed by atoms with Crippen LogP contribution >= 0.6 is 0 Å². The molecular formula is C21H22F5N5O. The van der Waals surface area contributed by atoms with Crippen LogP contribution in [-0.2, 0) is 4.79 Å². The van der Waals surface area contributed by atoms with E-state index >= 15 is 0 Å². The van der Waals surface area contributed by atoms with Gasteiger partial charge in [0, 0.05) is 44.9 Å². The number of aromatic nitrogens is 1. The lowest BCUT2D eigenvalue weighted by Crippen LogP contribution is -2.49. The van der Waals surface area contributed by atoms with Crippen molar-refractivity contribution < 1.29 is 26.7 Å². The van der Waals surface area contributed by atoms with Crippen LogP contribution in [0.3, 0.4) is 0 Å². The molecule has 4 heterocycles. The van der Waals surface area contributed by atoms with Gasteiger partial charge in [-0.25, -0.2) is 8.78 Å². The number of likely N-dealkylation sites (tertiary alicyclic amines) is 1. The molecule has 4 rings (SSSR count). The van der Waals surface area contributed by atoms with E-state index in [1.807, 2.05) is 10.2 Å². The summed E-state index contributed by atoms with van der Waals surface area (Å²) in [5.41, 5.74) is 0.0843. The van der Waals surface area contributed by atoms with Gasteiger partial charge in [-0.1, -0.05) is 12.1 Å². The number of pyridine rings is 1. The van der Waals surface area contributed by atoms with Crippen LogP contribution in [0.4, 0.5) is 22.0 Å². The number of amides is 1. The average Bonchev–Trinajstić information content (AvgIpc) is 3.12. The first kappa shape index (κ1) is 22.3. The Hall–Kier alpha value is -2.95. The molecule has 0 spiro atoms. The molecule has 0 saturated carbocycles. The predicted octanol–water partition coefficient (Wildman–Crippen LogP) is 3.06. The van der Waals surface area contributed by atoms with Gasteiger partial charge in [-0.2, -0.15) is 13.2 Å². The topological polar surface area (TPSA) is 60.5 Å². The zero-order valence-corrected chi connectivity index (χ0v) is 16.9. The number of carbonyl (C=O) groups is 1. The highest BCUT2D eigenvalue weighted by Crippen LogP contribution is 2.33. The van der Waals surface area contributed by atoms with E-state index in [0.29, 0.717) is 12.2 Å². The molecule has 1 fully saturated rings. The number of allylic oxidation sites excluding steroid dienone is 3. The van der Waals surface area contributed by atoms with Gasteiger partial charge >= 0.3 is 6.18 Å². The second kappa shape index (κ2) is 8.53. The number of alkyl halides is 5. The SMILES string of the molecule is O=C(NC(c1ccccn1)C(F)(F)F)C1=C2C=CC=CN2C(CN2CCC(F)(F)CC2)N1. The van der Waals surface area contributed by atoms with Crippen molar-refractivity contribution in [2.45, 2.75) is 37.1 Å². The number of nitrogens with zero attached hydrogens (tertiary/aromatic N) is 3. The quantitative estimate of drug-likeness (QED) is 0.669. The van der Waals surface area contributed by atoms with Gasteiger partial charge in [-0.3, -0.25) is 14.7 Å². The summed E-state index contributed by atoms with van der Waals surface area (Å²) in [6, 6.07) is 1.83. The average molecular weight is 455 g/mol. The van der Waals surface area contributed by atoms with Crippen molar-refractivity contribution >= 4 is 5.91 Å². The summed E-state index contributed by atoms with van der Waals surface area (Å²) in [6.45, 7) is 0.730. The van der Waals surface area contributed by atoms with Crippen LogP contribution in [0, 0.1) is 0 Å². The lowest BCUT2D eigenvalue weighted by Gasteiger charge is -2.35. The molecule has 6 nitrogen and oxygen atoms in total. The molecule has 172 valence electrons. The number of fused-ring (bicyclic) bond motifs is 1. The van der Waals surface area contributed by atoms with E-state index < -0.39 is 30.2 Å². The number of rotatable bonds is 5. The van der Waals surface area contributed by atoms with Crippen LogP contribution in [0.2, 0.25) is 0 Å². The van der Waals surface area contributed by atoms with Crippen molar-refractivity contribution in [3.8, 4) is 0 Å². The maximum Gasteiger partial charge on any atom is 0.414 e. The fourth-order valence-corrected chi connectivity index (χ4v) is 3.95. The minimum absolute atomic E-state index is 0.0110. The minimum atomic E-state index is -4.74. The number of hydrogen-bond acceptors (Lipinski definition) is 5. The molecular weight excluding hydrogens is 433 g/mol. The van der Waals surface area contributed by atoms with Crippen molar-refractivity contribution in [1.82, 2.24) is 25.4 Å². The molecule has 2 N–H and O–H groups in total. The zero-order valence-electron chi connectivity index (χ0n) is 16.9. The molecule has 1 aromatic rings. The molecule has 2 atom stereocenters. The Balaban J connectivity index is 1.50. The summed E-state index contributed by atoms with van der Waals surface area (Å²) in [5.74, 6) is -3.61. The van der Waals surface area contributed by atoms with E-state index in [1.54, 1.807) is 29.3 Å². The van der Waals surface area contributed by atoms with Gasteiger partial charge in [-0.05, 0) is 24.3 Å². The van der Waals surface area contributed by atoms with Gasteiger partial charge in [-0.15, -0.1) is 0 Å². The summed E-state index contributed by atoms with van der Waals surface area (Å²) in [6.07, 6.45) is 2.24. The summed E-state index contributed by atoms with van der Waals surface area (Å²) in [4.78, 5) is 20.2. The van der Waals surface area contributed by atoms with Crippen LogP contribution < -0.4 is 10.6 Å². The molecule has 0 aromatic carbocycles. The van der Waals surface area contributed by atoms with E-state index in [4.69, 9.17) is 0 Å². The van der Waals surface area contributed by atoms with Crippen LogP contribution in [-0.4, -0.2) is 58.6 Å². The molecule has 32 heavy (non-hydrogen) atoms. The molecule has 0 bridgehead atoms. The van der Waals surface area contributed by atoms with Gasteiger partial charge < -0.3 is 15.5 Å². The molecule has 3 aliphatic rings. The number of halogens is 5. The Morgan fingerprint density at radius 3 is 2.66 bits per heavy atom. The highest BCUT2D eigenvalue weighted by molar-refractivity contribution is 5.95. The maximum atomic E-state index is 13.6. The zero-order chi connectivity index (χ0) is 22.9. The van der Waals surface area contributed by atoms with Crippen LogP contribution in [0.5, 0.6) is 0 Å². The normalized spacial score (nSPS) is 23.7. The van der Waals surface area contributed by atoms with Gasteiger partial charge in [0.1, 0.15) is 11.9 Å². The molecule has 1 amide bonds. The lowest BCUT2D eigenvalue weighted by atomic mass is 10.1. The predicted molar refractivity (Wildman–Crippen MR) is 106 cm³/mol. The third-order valence-electron chi connectivity index (χ3n) is 5.62. The van der Waals surface area contributed by atoms with Crippen molar-refractivity contribution in [3.63, 3.8) is 0 Å². The highest BCUT2D eigenvalue weighted by atomic mass is 19.4. The third-order valence-corrected chi connectivity index (χ3v) is 5.62. The first-order valence-corrected chi connectivity index (χ1v) is 10.2. The van der Waals surface area contributed by atoms with Gasteiger partial charge in [0.2, 0.25) is 0 Å². The molecule has 1 aromatic heterocycles. The summed E-state index contributed by atoms with van der Waals surface area (Å²) in [5, 5.41) is 5.02. The van der Waals surface area contributed by atoms with Crippen molar-refractivity contribution in [2.24, 2.45) is 0 Å². The number of carbonyl (C=O) groups excluding carboxylic acids is 1. The maximum absolute atomic E-state index is 13.6. The van der Waals surface area contributed by atoms with Gasteiger partial charge in [0.05, 0.1) is 11.4 Å².